The summed E-state index contributed by atoms with van der Waals surface area (Å²) in [6.45, 7) is 4.44. The predicted molar refractivity (Wildman–Crippen MR) is 38.0 cm³/mol. The van der Waals surface area contributed by atoms with Gasteiger partial charge < -0.3 is 5.32 Å². The molecule has 0 heterocycles. The van der Waals surface area contributed by atoms with Crippen molar-refractivity contribution in [3.8, 4) is 0 Å². The van der Waals surface area contributed by atoms with Crippen LogP contribution < -0.4 is 5.32 Å². The third-order valence-electron chi connectivity index (χ3n) is 1.05. The van der Waals surface area contributed by atoms with Crippen molar-refractivity contribution >= 4 is 5.91 Å². The second kappa shape index (κ2) is 3.33. The molecule has 0 rings (SSSR count). The van der Waals surface area contributed by atoms with Gasteiger partial charge in [-0.05, 0) is 0 Å². The van der Waals surface area contributed by atoms with Crippen LogP contribution in [0.2, 0.25) is 0 Å². The standard InChI is InChI=1S/C7H11F3NO/c1-6(2,3)5(12)11-4-7(8,9)10/h4H,1-3H3,(H,11,12). The number of hydrogen-bond donors (Lipinski definition) is 1. The van der Waals surface area contributed by atoms with E-state index < -0.39 is 17.5 Å². The van der Waals surface area contributed by atoms with E-state index in [1.807, 2.05) is 0 Å². The van der Waals surface area contributed by atoms with Crippen LogP contribution in [0.5, 0.6) is 0 Å². The fraction of sp³-hybridized carbons (Fsp3) is 0.714. The fourth-order valence-electron chi connectivity index (χ4n) is 0.364. The Bertz CT molecular complexity index is 168. The third-order valence-corrected chi connectivity index (χ3v) is 1.05. The maximum atomic E-state index is 11.5. The molecule has 0 aromatic carbocycles. The van der Waals surface area contributed by atoms with Gasteiger partial charge in [-0.25, -0.2) is 0 Å². The zero-order valence-electron chi connectivity index (χ0n) is 7.12. The van der Waals surface area contributed by atoms with E-state index in [2.05, 4.69) is 0 Å². The molecule has 0 aromatic heterocycles. The van der Waals surface area contributed by atoms with E-state index in [0.29, 0.717) is 0 Å². The Hall–Kier alpha value is -0.740. The van der Waals surface area contributed by atoms with Gasteiger partial charge in [0.05, 0.1) is 0 Å². The topological polar surface area (TPSA) is 29.1 Å². The SMILES string of the molecule is CC(C)(C)C(=O)N[CH]C(F)(F)F. The second-order valence-corrected chi connectivity index (χ2v) is 3.41. The van der Waals surface area contributed by atoms with Crippen molar-refractivity contribution in [2.75, 3.05) is 0 Å². The summed E-state index contributed by atoms with van der Waals surface area (Å²) in [5.74, 6) is -0.653. The maximum Gasteiger partial charge on any atom is 0.410 e. The third kappa shape index (κ3) is 4.98. The molecule has 5 heteroatoms. The van der Waals surface area contributed by atoms with Gasteiger partial charge in [0.15, 0.2) is 6.54 Å². The molecule has 71 valence electrons. The molecule has 0 unspecified atom stereocenters. The molecule has 0 aliphatic rings. The van der Waals surface area contributed by atoms with Gasteiger partial charge in [-0.2, -0.15) is 13.2 Å². The van der Waals surface area contributed by atoms with Gasteiger partial charge in [0.25, 0.3) is 0 Å². The van der Waals surface area contributed by atoms with Gasteiger partial charge in [0.2, 0.25) is 5.91 Å². The Morgan fingerprint density at radius 3 is 1.92 bits per heavy atom. The quantitative estimate of drug-likeness (QED) is 0.659. The molecular weight excluding hydrogens is 171 g/mol. The first-order valence-corrected chi connectivity index (χ1v) is 3.35. The van der Waals surface area contributed by atoms with Gasteiger partial charge in [-0.3, -0.25) is 4.79 Å². The first kappa shape index (κ1) is 11.3. The lowest BCUT2D eigenvalue weighted by molar-refractivity contribution is -0.134. The lowest BCUT2D eigenvalue weighted by Crippen LogP contribution is -2.36. The number of hydrogen-bond acceptors (Lipinski definition) is 1. The molecule has 0 aromatic rings. The average Bonchev–Trinajstić information content (AvgIpc) is 1.78. The predicted octanol–water partition coefficient (Wildman–Crippen LogP) is 1.87. The first-order valence-electron chi connectivity index (χ1n) is 3.35. The van der Waals surface area contributed by atoms with Gasteiger partial charge in [-0.1, -0.05) is 20.8 Å². The van der Waals surface area contributed by atoms with Crippen LogP contribution in [0.15, 0.2) is 0 Å². The van der Waals surface area contributed by atoms with Crippen molar-refractivity contribution in [2.45, 2.75) is 26.9 Å². The van der Waals surface area contributed by atoms with E-state index in [4.69, 9.17) is 0 Å². The highest BCUT2D eigenvalue weighted by Crippen LogP contribution is 2.18. The summed E-state index contributed by atoms with van der Waals surface area (Å²) in [5, 5.41) is 1.67. The molecule has 0 spiro atoms. The zero-order chi connectivity index (χ0) is 9.99. The van der Waals surface area contributed by atoms with E-state index in [1.54, 1.807) is 5.32 Å². The monoisotopic (exact) mass is 182 g/mol. The molecule has 0 saturated heterocycles. The Balaban J connectivity index is 3.90. The van der Waals surface area contributed by atoms with Crippen molar-refractivity contribution < 1.29 is 18.0 Å². The lowest BCUT2D eigenvalue weighted by Gasteiger charge is -2.17. The van der Waals surface area contributed by atoms with Crippen LogP contribution in [0.4, 0.5) is 13.2 Å². The molecule has 0 saturated carbocycles. The number of amides is 1. The minimum absolute atomic E-state index is 0.166. The van der Waals surface area contributed by atoms with Crippen LogP contribution >= 0.6 is 0 Å². The van der Waals surface area contributed by atoms with E-state index in [-0.39, 0.29) is 6.54 Å². The van der Waals surface area contributed by atoms with Crippen LogP contribution in [-0.2, 0) is 4.79 Å². The number of rotatable bonds is 1. The van der Waals surface area contributed by atoms with E-state index in [1.165, 1.54) is 20.8 Å². The smallest absolute Gasteiger partial charge is 0.342 e. The van der Waals surface area contributed by atoms with Gasteiger partial charge in [0, 0.05) is 5.41 Å². The maximum absolute atomic E-state index is 11.5. The summed E-state index contributed by atoms with van der Waals surface area (Å²) in [6.07, 6.45) is -4.46. The number of carbonyl (C=O) groups is 1. The zero-order valence-corrected chi connectivity index (χ0v) is 7.12. The van der Waals surface area contributed by atoms with Crippen molar-refractivity contribution in [3.05, 3.63) is 6.54 Å². The molecule has 0 atom stereocenters. The fourth-order valence-corrected chi connectivity index (χ4v) is 0.364. The van der Waals surface area contributed by atoms with E-state index in [9.17, 15) is 18.0 Å². The average molecular weight is 182 g/mol. The van der Waals surface area contributed by atoms with Gasteiger partial charge >= 0.3 is 6.18 Å². The molecule has 1 radical (unpaired) electrons. The summed E-state index contributed by atoms with van der Waals surface area (Å²) in [6, 6.07) is 0. The molecule has 0 bridgehead atoms. The molecule has 1 N–H and O–H groups in total. The number of nitrogens with one attached hydrogen (secondary N) is 1. The normalized spacial score (nSPS) is 12.8. The van der Waals surface area contributed by atoms with E-state index in [0.717, 1.165) is 0 Å². The molecule has 0 aliphatic heterocycles. The second-order valence-electron chi connectivity index (χ2n) is 3.41. The lowest BCUT2D eigenvalue weighted by atomic mass is 9.96. The van der Waals surface area contributed by atoms with Crippen LogP contribution in [-0.4, -0.2) is 12.1 Å². The van der Waals surface area contributed by atoms with Crippen LogP contribution in [0.3, 0.4) is 0 Å². The molecule has 0 fully saturated rings. The van der Waals surface area contributed by atoms with Crippen molar-refractivity contribution in [1.82, 2.24) is 5.32 Å². The van der Waals surface area contributed by atoms with Crippen LogP contribution in [0.25, 0.3) is 0 Å². The molecular formula is C7H11F3NO. The summed E-state index contributed by atoms with van der Waals surface area (Å²) >= 11 is 0. The Kier molecular flexibility index (Phi) is 3.12. The summed E-state index contributed by atoms with van der Waals surface area (Å²) < 4.78 is 34.6. The minimum atomic E-state index is -4.46. The number of alkyl halides is 3. The molecule has 12 heavy (non-hydrogen) atoms. The summed E-state index contributed by atoms with van der Waals surface area (Å²) in [5.41, 5.74) is -0.804. The summed E-state index contributed by atoms with van der Waals surface area (Å²) in [4.78, 5) is 10.9. The molecule has 1 amide bonds. The van der Waals surface area contributed by atoms with Crippen molar-refractivity contribution in [3.63, 3.8) is 0 Å². The Morgan fingerprint density at radius 1 is 1.25 bits per heavy atom. The highest BCUT2D eigenvalue weighted by molar-refractivity contribution is 5.81. The molecule has 0 aliphatic carbocycles. The number of halogens is 3. The molecule has 2 nitrogen and oxygen atoms in total. The Morgan fingerprint density at radius 2 is 1.67 bits per heavy atom. The first-order chi connectivity index (χ1) is 5.13. The highest BCUT2D eigenvalue weighted by atomic mass is 19.4. The van der Waals surface area contributed by atoms with Crippen molar-refractivity contribution in [2.24, 2.45) is 5.41 Å². The van der Waals surface area contributed by atoms with Crippen LogP contribution in [0, 0.1) is 12.0 Å². The van der Waals surface area contributed by atoms with Gasteiger partial charge in [0.1, 0.15) is 0 Å². The Labute approximate surface area is 69.1 Å². The summed E-state index contributed by atoms with van der Waals surface area (Å²) in [7, 11) is 0. The van der Waals surface area contributed by atoms with Crippen LogP contribution in [0.1, 0.15) is 20.8 Å². The van der Waals surface area contributed by atoms with Crippen molar-refractivity contribution in [1.29, 1.82) is 0 Å². The highest BCUT2D eigenvalue weighted by Gasteiger charge is 2.31. The minimum Gasteiger partial charge on any atom is -0.342 e. The van der Waals surface area contributed by atoms with E-state index >= 15 is 0 Å². The van der Waals surface area contributed by atoms with Gasteiger partial charge in [-0.15, -0.1) is 0 Å². The number of carbonyl (C=O) groups excluding carboxylic acids is 1. The largest absolute Gasteiger partial charge is 0.410 e.